The standard InChI is InChI=1S/C27H28N4O2/c1-27(21-9-4-3-5-10-21)13-11-22(12-14-27)29-25(32)19-8-6-7-18(15-19)20-16-23-24(28-17-20)30-26(33)31(23)2/h3-10,15-17,22H,11-14H2,1-2H3,(H,29,32)(H,28,30,33). The Balaban J connectivity index is 1.29. The second-order valence-electron chi connectivity index (χ2n) is 9.34. The van der Waals surface area contributed by atoms with E-state index in [1.807, 2.05) is 30.3 Å². The topological polar surface area (TPSA) is 79.8 Å². The molecule has 0 saturated heterocycles. The van der Waals surface area contributed by atoms with E-state index in [4.69, 9.17) is 0 Å². The first-order valence-corrected chi connectivity index (χ1v) is 11.4. The summed E-state index contributed by atoms with van der Waals surface area (Å²) in [5.41, 5.74) is 5.04. The molecule has 1 amide bonds. The predicted octanol–water partition coefficient (Wildman–Crippen LogP) is 4.56. The summed E-state index contributed by atoms with van der Waals surface area (Å²) in [5.74, 6) is -0.0479. The number of benzene rings is 2. The zero-order valence-corrected chi connectivity index (χ0v) is 19.0. The molecule has 1 saturated carbocycles. The van der Waals surface area contributed by atoms with Crippen LogP contribution in [0.5, 0.6) is 0 Å². The number of hydrogen-bond acceptors (Lipinski definition) is 3. The summed E-state index contributed by atoms with van der Waals surface area (Å²) in [4.78, 5) is 32.0. The molecule has 0 spiro atoms. The minimum Gasteiger partial charge on any atom is -0.349 e. The minimum atomic E-state index is -0.196. The van der Waals surface area contributed by atoms with Gasteiger partial charge in [0.15, 0.2) is 5.65 Å². The number of carbonyl (C=O) groups excluding carboxylic acids is 1. The van der Waals surface area contributed by atoms with Gasteiger partial charge in [-0.2, -0.15) is 0 Å². The molecule has 2 aromatic heterocycles. The van der Waals surface area contributed by atoms with Crippen molar-refractivity contribution in [3.05, 3.63) is 88.5 Å². The van der Waals surface area contributed by atoms with Crippen LogP contribution in [0.1, 0.15) is 48.5 Å². The normalized spacial score (nSPS) is 20.6. The fourth-order valence-electron chi connectivity index (χ4n) is 4.89. The smallest absolute Gasteiger partial charge is 0.327 e. The predicted molar refractivity (Wildman–Crippen MR) is 130 cm³/mol. The molecule has 5 rings (SSSR count). The summed E-state index contributed by atoms with van der Waals surface area (Å²) < 4.78 is 1.54. The summed E-state index contributed by atoms with van der Waals surface area (Å²) in [6.07, 6.45) is 5.78. The molecule has 33 heavy (non-hydrogen) atoms. The fraction of sp³-hybridized carbons (Fsp3) is 0.296. The van der Waals surface area contributed by atoms with E-state index in [0.29, 0.717) is 11.2 Å². The molecule has 1 aliphatic carbocycles. The van der Waals surface area contributed by atoms with E-state index >= 15 is 0 Å². The summed E-state index contributed by atoms with van der Waals surface area (Å²) in [7, 11) is 1.71. The molecule has 2 N–H and O–H groups in total. The zero-order valence-electron chi connectivity index (χ0n) is 19.0. The largest absolute Gasteiger partial charge is 0.349 e. The fourth-order valence-corrected chi connectivity index (χ4v) is 4.89. The van der Waals surface area contributed by atoms with Crippen LogP contribution in [0.4, 0.5) is 0 Å². The second kappa shape index (κ2) is 8.35. The van der Waals surface area contributed by atoms with Gasteiger partial charge < -0.3 is 5.32 Å². The maximum Gasteiger partial charge on any atom is 0.327 e. The van der Waals surface area contributed by atoms with Crippen molar-refractivity contribution in [2.75, 3.05) is 0 Å². The number of imidazole rings is 1. The molecule has 6 heteroatoms. The van der Waals surface area contributed by atoms with E-state index in [2.05, 4.69) is 52.5 Å². The van der Waals surface area contributed by atoms with Crippen LogP contribution in [-0.2, 0) is 12.5 Å². The third kappa shape index (κ3) is 4.09. The summed E-state index contributed by atoms with van der Waals surface area (Å²) in [6, 6.07) is 20.4. The highest BCUT2D eigenvalue weighted by Gasteiger charge is 2.33. The number of hydrogen-bond donors (Lipinski definition) is 2. The summed E-state index contributed by atoms with van der Waals surface area (Å²) in [6.45, 7) is 2.33. The molecule has 0 atom stereocenters. The Morgan fingerprint density at radius 2 is 1.82 bits per heavy atom. The van der Waals surface area contributed by atoms with Crippen LogP contribution >= 0.6 is 0 Å². The van der Waals surface area contributed by atoms with Gasteiger partial charge in [0.05, 0.1) is 5.52 Å². The SMILES string of the molecule is Cn1c(=O)[nH]c2ncc(-c3cccc(C(=O)NC4CCC(C)(c5ccccc5)CC4)c3)cc21. The maximum atomic E-state index is 13.0. The summed E-state index contributed by atoms with van der Waals surface area (Å²) >= 11 is 0. The van der Waals surface area contributed by atoms with Gasteiger partial charge in [-0.15, -0.1) is 0 Å². The number of amides is 1. The van der Waals surface area contributed by atoms with E-state index in [0.717, 1.165) is 42.3 Å². The molecule has 168 valence electrons. The average molecular weight is 441 g/mol. The number of rotatable bonds is 4. The van der Waals surface area contributed by atoms with Gasteiger partial charge in [0.1, 0.15) is 0 Å². The van der Waals surface area contributed by atoms with Gasteiger partial charge in [-0.3, -0.25) is 14.3 Å². The number of aromatic nitrogens is 3. The lowest BCUT2D eigenvalue weighted by Gasteiger charge is -2.38. The highest BCUT2D eigenvalue weighted by Crippen LogP contribution is 2.39. The molecule has 4 aromatic rings. The van der Waals surface area contributed by atoms with Crippen LogP contribution in [-0.4, -0.2) is 26.5 Å². The molecule has 0 radical (unpaired) electrons. The van der Waals surface area contributed by atoms with Crippen molar-refractivity contribution in [1.82, 2.24) is 19.9 Å². The Labute approximate surface area is 192 Å². The summed E-state index contributed by atoms with van der Waals surface area (Å²) in [5, 5.41) is 3.24. The third-order valence-corrected chi connectivity index (χ3v) is 7.11. The third-order valence-electron chi connectivity index (χ3n) is 7.11. The number of aryl methyl sites for hydroxylation is 1. The zero-order chi connectivity index (χ0) is 23.0. The van der Waals surface area contributed by atoms with Crippen molar-refractivity contribution in [3.63, 3.8) is 0 Å². The van der Waals surface area contributed by atoms with Gasteiger partial charge in [0, 0.05) is 30.4 Å². The van der Waals surface area contributed by atoms with Gasteiger partial charge in [-0.1, -0.05) is 49.4 Å². The number of fused-ring (bicyclic) bond motifs is 1. The first kappa shape index (κ1) is 21.2. The van der Waals surface area contributed by atoms with Gasteiger partial charge in [0.25, 0.3) is 5.91 Å². The Morgan fingerprint density at radius 1 is 1.06 bits per heavy atom. The van der Waals surface area contributed by atoms with Crippen LogP contribution in [0.15, 0.2) is 71.7 Å². The number of nitrogens with one attached hydrogen (secondary N) is 2. The molecule has 2 aromatic carbocycles. The average Bonchev–Trinajstić information content (AvgIpc) is 3.14. The molecule has 2 heterocycles. The van der Waals surface area contributed by atoms with Crippen LogP contribution in [0.2, 0.25) is 0 Å². The van der Waals surface area contributed by atoms with Crippen molar-refractivity contribution in [2.45, 2.75) is 44.1 Å². The number of H-pyrrole nitrogens is 1. The van der Waals surface area contributed by atoms with Gasteiger partial charge in [-0.25, -0.2) is 9.78 Å². The van der Waals surface area contributed by atoms with E-state index in [1.54, 1.807) is 13.2 Å². The van der Waals surface area contributed by atoms with Gasteiger partial charge >= 0.3 is 5.69 Å². The monoisotopic (exact) mass is 440 g/mol. The van der Waals surface area contributed by atoms with E-state index in [1.165, 1.54) is 10.1 Å². The van der Waals surface area contributed by atoms with Crippen molar-refractivity contribution in [1.29, 1.82) is 0 Å². The highest BCUT2D eigenvalue weighted by atomic mass is 16.2. The Morgan fingerprint density at radius 3 is 2.58 bits per heavy atom. The minimum absolute atomic E-state index is 0.0479. The van der Waals surface area contributed by atoms with Crippen LogP contribution in [0.25, 0.3) is 22.3 Å². The van der Waals surface area contributed by atoms with Crippen LogP contribution < -0.4 is 11.0 Å². The molecular formula is C27H28N4O2. The maximum absolute atomic E-state index is 13.0. The highest BCUT2D eigenvalue weighted by molar-refractivity contribution is 5.95. The molecule has 6 nitrogen and oxygen atoms in total. The van der Waals surface area contributed by atoms with Crippen molar-refractivity contribution in [2.24, 2.45) is 7.05 Å². The quantitative estimate of drug-likeness (QED) is 0.488. The lowest BCUT2D eigenvalue weighted by molar-refractivity contribution is 0.0919. The number of nitrogens with zero attached hydrogens (tertiary/aromatic N) is 2. The van der Waals surface area contributed by atoms with Gasteiger partial charge in [0.2, 0.25) is 0 Å². The van der Waals surface area contributed by atoms with Crippen molar-refractivity contribution < 1.29 is 4.79 Å². The lowest BCUT2D eigenvalue weighted by Crippen LogP contribution is -2.41. The molecular weight excluding hydrogens is 412 g/mol. The van der Waals surface area contributed by atoms with E-state index in [9.17, 15) is 9.59 Å². The molecule has 0 bridgehead atoms. The van der Waals surface area contributed by atoms with Crippen LogP contribution in [0, 0.1) is 0 Å². The van der Waals surface area contributed by atoms with Crippen molar-refractivity contribution in [3.8, 4) is 11.1 Å². The number of aromatic amines is 1. The number of carbonyl (C=O) groups is 1. The first-order valence-electron chi connectivity index (χ1n) is 11.4. The Bertz CT molecular complexity index is 1360. The second-order valence-corrected chi connectivity index (χ2v) is 9.34. The lowest BCUT2D eigenvalue weighted by atomic mass is 9.69. The number of pyridine rings is 1. The molecule has 0 unspecified atom stereocenters. The molecule has 0 aliphatic heterocycles. The Hall–Kier alpha value is -3.67. The van der Waals surface area contributed by atoms with E-state index in [-0.39, 0.29) is 23.1 Å². The van der Waals surface area contributed by atoms with Gasteiger partial charge in [-0.05, 0) is 60.4 Å². The first-order chi connectivity index (χ1) is 15.9. The van der Waals surface area contributed by atoms with E-state index < -0.39 is 0 Å². The molecule has 1 aliphatic rings. The molecule has 1 fully saturated rings. The van der Waals surface area contributed by atoms with Crippen molar-refractivity contribution >= 4 is 17.1 Å². The van der Waals surface area contributed by atoms with Crippen LogP contribution in [0.3, 0.4) is 0 Å². The Kier molecular flexibility index (Phi) is 5.36.